The largest absolute Gasteiger partial charge is 0.496 e. The summed E-state index contributed by atoms with van der Waals surface area (Å²) in [5, 5.41) is 20.1. The van der Waals surface area contributed by atoms with Crippen molar-refractivity contribution < 1.29 is 19.7 Å². The first-order chi connectivity index (χ1) is 15.1. The van der Waals surface area contributed by atoms with E-state index in [4.69, 9.17) is 4.74 Å². The van der Waals surface area contributed by atoms with E-state index in [1.165, 1.54) is 0 Å². The van der Waals surface area contributed by atoms with Gasteiger partial charge < -0.3 is 14.9 Å². The molecule has 2 N–H and O–H groups in total. The number of benzene rings is 3. The molecule has 0 spiro atoms. The number of ether oxygens (including phenoxy) is 1. The molecule has 4 rings (SSSR count). The first kappa shape index (κ1) is 20.6. The molecule has 4 nitrogen and oxygen atoms in total. The minimum atomic E-state index is -1.62. The summed E-state index contributed by atoms with van der Waals surface area (Å²) in [4.78, 5) is 11.7. The van der Waals surface area contributed by atoms with E-state index in [0.29, 0.717) is 23.3 Å². The topological polar surface area (TPSA) is 66.8 Å². The number of carboxylic acids is 1. The van der Waals surface area contributed by atoms with Gasteiger partial charge in [0.25, 0.3) is 0 Å². The van der Waals surface area contributed by atoms with Gasteiger partial charge in [-0.05, 0) is 52.0 Å². The van der Waals surface area contributed by atoms with Crippen molar-refractivity contribution in [1.29, 1.82) is 0 Å². The van der Waals surface area contributed by atoms with E-state index in [1.807, 2.05) is 55.5 Å². The minimum Gasteiger partial charge on any atom is -0.496 e. The highest BCUT2D eigenvalue weighted by atomic mass is 16.5. The summed E-state index contributed by atoms with van der Waals surface area (Å²) in [7, 11) is 1.55. The average Bonchev–Trinajstić information content (AvgIpc) is 3.12. The first-order valence-electron chi connectivity index (χ1n) is 10.2. The number of hydrogen-bond acceptors (Lipinski definition) is 3. The number of aliphatic hydroxyl groups is 1. The van der Waals surface area contributed by atoms with Gasteiger partial charge in [0, 0.05) is 11.1 Å². The Hall–Kier alpha value is -3.63. The van der Waals surface area contributed by atoms with Crippen LogP contribution in [0.1, 0.15) is 30.0 Å². The van der Waals surface area contributed by atoms with E-state index in [9.17, 15) is 15.0 Å². The lowest BCUT2D eigenvalue weighted by Gasteiger charge is -2.14. The molecule has 1 atom stereocenters. The second-order valence-corrected chi connectivity index (χ2v) is 7.38. The number of carboxylic acid groups (broad SMARTS) is 1. The standard InChI is InChI=1S/C27H24O4/c1-3-19-22(16-18-12-7-8-13-20(18)17-10-5-4-6-11-17)21-14-9-15-23(31-2)24(21)25(19)26(28)27(29)30/h4-16,26,28H,3H2,1-2H3,(H,29,30). The number of fused-ring (bicyclic) bond motifs is 1. The van der Waals surface area contributed by atoms with Crippen LogP contribution >= 0.6 is 0 Å². The fraction of sp³-hybridized carbons (Fsp3) is 0.148. The third kappa shape index (κ3) is 3.66. The van der Waals surface area contributed by atoms with Crippen molar-refractivity contribution in [1.82, 2.24) is 0 Å². The van der Waals surface area contributed by atoms with Crippen molar-refractivity contribution in [2.24, 2.45) is 0 Å². The Labute approximate surface area is 181 Å². The highest BCUT2D eigenvalue weighted by Crippen LogP contribution is 2.49. The van der Waals surface area contributed by atoms with Crippen LogP contribution in [0.25, 0.3) is 28.3 Å². The Morgan fingerprint density at radius 2 is 1.65 bits per heavy atom. The van der Waals surface area contributed by atoms with Gasteiger partial charge in [0.05, 0.1) is 7.11 Å². The summed E-state index contributed by atoms with van der Waals surface area (Å²) in [6, 6.07) is 23.9. The third-order valence-corrected chi connectivity index (χ3v) is 5.66. The van der Waals surface area contributed by atoms with Crippen LogP contribution in [-0.2, 0) is 4.79 Å². The lowest BCUT2D eigenvalue weighted by molar-refractivity contribution is -0.143. The minimum absolute atomic E-state index is 0.408. The molecule has 0 fully saturated rings. The Bertz CT molecular complexity index is 1190. The molecule has 0 bridgehead atoms. The van der Waals surface area contributed by atoms with Crippen molar-refractivity contribution in [3.63, 3.8) is 0 Å². The second-order valence-electron chi connectivity index (χ2n) is 7.38. The Morgan fingerprint density at radius 3 is 2.32 bits per heavy atom. The molecule has 3 aromatic rings. The molecular formula is C27H24O4. The summed E-state index contributed by atoms with van der Waals surface area (Å²) in [6.07, 6.45) is 1.04. The van der Waals surface area contributed by atoms with Crippen molar-refractivity contribution in [3.8, 4) is 16.9 Å². The smallest absolute Gasteiger partial charge is 0.337 e. The van der Waals surface area contributed by atoms with Crippen LogP contribution in [0.15, 0.2) is 78.4 Å². The zero-order valence-electron chi connectivity index (χ0n) is 17.5. The van der Waals surface area contributed by atoms with Crippen molar-refractivity contribution in [3.05, 3.63) is 95.1 Å². The van der Waals surface area contributed by atoms with Gasteiger partial charge in [-0.3, -0.25) is 0 Å². The number of hydrogen-bond donors (Lipinski definition) is 2. The zero-order chi connectivity index (χ0) is 22.0. The van der Waals surface area contributed by atoms with E-state index in [0.717, 1.165) is 33.4 Å². The van der Waals surface area contributed by atoms with E-state index in [1.54, 1.807) is 13.2 Å². The molecule has 3 aromatic carbocycles. The molecule has 0 heterocycles. The molecule has 0 radical (unpaired) electrons. The van der Waals surface area contributed by atoms with Gasteiger partial charge in [0.15, 0.2) is 6.10 Å². The summed E-state index contributed by atoms with van der Waals surface area (Å²) in [5.74, 6) is -0.720. The lowest BCUT2D eigenvalue weighted by atomic mass is 9.94. The van der Waals surface area contributed by atoms with Gasteiger partial charge in [-0.2, -0.15) is 0 Å². The zero-order valence-corrected chi connectivity index (χ0v) is 17.5. The molecule has 1 unspecified atom stereocenters. The summed E-state index contributed by atoms with van der Waals surface area (Å²) >= 11 is 0. The number of rotatable bonds is 6. The molecule has 1 aliphatic rings. The van der Waals surface area contributed by atoms with Gasteiger partial charge in [-0.25, -0.2) is 4.79 Å². The number of allylic oxidation sites excluding steroid dienone is 2. The molecule has 0 amide bonds. The highest BCUT2D eigenvalue weighted by molar-refractivity contribution is 6.11. The summed E-state index contributed by atoms with van der Waals surface area (Å²) < 4.78 is 5.54. The summed E-state index contributed by atoms with van der Waals surface area (Å²) in [6.45, 7) is 1.97. The fourth-order valence-electron chi connectivity index (χ4n) is 4.29. The predicted molar refractivity (Wildman–Crippen MR) is 124 cm³/mol. The van der Waals surface area contributed by atoms with E-state index in [-0.39, 0.29) is 0 Å². The maximum Gasteiger partial charge on any atom is 0.337 e. The van der Waals surface area contributed by atoms with Crippen LogP contribution in [0, 0.1) is 0 Å². The van der Waals surface area contributed by atoms with Crippen LogP contribution in [0.4, 0.5) is 0 Å². The van der Waals surface area contributed by atoms with Crippen LogP contribution in [-0.4, -0.2) is 29.4 Å². The lowest BCUT2D eigenvalue weighted by Crippen LogP contribution is -2.21. The van der Waals surface area contributed by atoms with Crippen LogP contribution < -0.4 is 4.74 Å². The van der Waals surface area contributed by atoms with Gasteiger partial charge in [0.2, 0.25) is 0 Å². The molecule has 156 valence electrons. The number of carbonyl (C=O) groups is 1. The summed E-state index contributed by atoms with van der Waals surface area (Å²) in [5.41, 5.74) is 6.87. The third-order valence-electron chi connectivity index (χ3n) is 5.66. The number of aliphatic carboxylic acids is 1. The fourth-order valence-corrected chi connectivity index (χ4v) is 4.29. The molecule has 0 aliphatic heterocycles. The maximum absolute atomic E-state index is 11.7. The van der Waals surface area contributed by atoms with E-state index in [2.05, 4.69) is 24.3 Å². The Kier molecular flexibility index (Phi) is 5.74. The van der Waals surface area contributed by atoms with Crippen molar-refractivity contribution >= 4 is 23.2 Å². The van der Waals surface area contributed by atoms with Crippen molar-refractivity contribution in [2.75, 3.05) is 7.11 Å². The van der Waals surface area contributed by atoms with Gasteiger partial charge in [0.1, 0.15) is 5.75 Å². The van der Waals surface area contributed by atoms with E-state index < -0.39 is 12.1 Å². The Morgan fingerprint density at radius 1 is 0.968 bits per heavy atom. The average molecular weight is 412 g/mol. The maximum atomic E-state index is 11.7. The monoisotopic (exact) mass is 412 g/mol. The Balaban J connectivity index is 1.98. The SMILES string of the molecule is CCC1=C(C(O)C(=O)O)c2c(OC)cccc2C1=Cc1ccccc1-c1ccccc1. The second kappa shape index (κ2) is 8.62. The molecule has 31 heavy (non-hydrogen) atoms. The normalized spacial score (nSPS) is 15.1. The van der Waals surface area contributed by atoms with Crippen LogP contribution in [0.3, 0.4) is 0 Å². The highest BCUT2D eigenvalue weighted by Gasteiger charge is 2.35. The van der Waals surface area contributed by atoms with E-state index >= 15 is 0 Å². The molecule has 0 aromatic heterocycles. The quantitative estimate of drug-likeness (QED) is 0.559. The number of aliphatic hydroxyl groups excluding tert-OH is 1. The molecule has 0 saturated heterocycles. The van der Waals surface area contributed by atoms with Gasteiger partial charge in [-0.1, -0.05) is 73.7 Å². The van der Waals surface area contributed by atoms with Crippen LogP contribution in [0.5, 0.6) is 5.75 Å². The molecular weight excluding hydrogens is 388 g/mol. The molecule has 0 saturated carbocycles. The van der Waals surface area contributed by atoms with Crippen LogP contribution in [0.2, 0.25) is 0 Å². The molecule has 4 heteroatoms. The van der Waals surface area contributed by atoms with Crippen molar-refractivity contribution in [2.45, 2.75) is 19.4 Å². The molecule has 1 aliphatic carbocycles. The van der Waals surface area contributed by atoms with Gasteiger partial charge in [-0.15, -0.1) is 0 Å². The van der Waals surface area contributed by atoms with Gasteiger partial charge >= 0.3 is 5.97 Å². The number of methoxy groups -OCH3 is 1. The first-order valence-corrected chi connectivity index (χ1v) is 10.2. The predicted octanol–water partition coefficient (Wildman–Crippen LogP) is 5.53.